The smallest absolute Gasteiger partial charge is 0.227 e. The monoisotopic (exact) mass is 445 g/mol. The molecular weight excluding hydrogens is 414 g/mol. The van der Waals surface area contributed by atoms with Crippen molar-refractivity contribution in [3.05, 3.63) is 65.9 Å². The van der Waals surface area contributed by atoms with E-state index in [9.17, 15) is 4.79 Å². The Labute approximate surface area is 195 Å². The van der Waals surface area contributed by atoms with Gasteiger partial charge in [0.1, 0.15) is 11.6 Å². The number of anilines is 4. The van der Waals surface area contributed by atoms with Gasteiger partial charge in [-0.2, -0.15) is 4.98 Å². The summed E-state index contributed by atoms with van der Waals surface area (Å²) in [4.78, 5) is 23.9. The summed E-state index contributed by atoms with van der Waals surface area (Å²) in [6.07, 6.45) is 4.76. The Bertz CT molecular complexity index is 1060. The summed E-state index contributed by atoms with van der Waals surface area (Å²) in [5.41, 5.74) is 3.73. The van der Waals surface area contributed by atoms with E-state index in [4.69, 9.17) is 9.72 Å². The Morgan fingerprint density at radius 2 is 1.67 bits per heavy atom. The number of piperidine rings is 1. The number of aromatic nitrogens is 2. The second-order valence-corrected chi connectivity index (χ2v) is 8.34. The number of carbonyl (C=O) groups is 1. The Kier molecular flexibility index (Phi) is 7.40. The lowest BCUT2D eigenvalue weighted by molar-refractivity contribution is -0.116. The molecule has 0 radical (unpaired) electrons. The zero-order valence-corrected chi connectivity index (χ0v) is 19.3. The van der Waals surface area contributed by atoms with Gasteiger partial charge in [0, 0.05) is 42.6 Å². The molecule has 7 heteroatoms. The molecule has 0 saturated carbocycles. The summed E-state index contributed by atoms with van der Waals surface area (Å²) in [6, 6.07) is 17.4. The van der Waals surface area contributed by atoms with E-state index in [-0.39, 0.29) is 5.91 Å². The van der Waals surface area contributed by atoms with Crippen molar-refractivity contribution >= 4 is 29.0 Å². The van der Waals surface area contributed by atoms with Crippen LogP contribution in [0.2, 0.25) is 0 Å². The number of nitrogens with one attached hydrogen (secondary N) is 2. The van der Waals surface area contributed by atoms with Gasteiger partial charge in [-0.1, -0.05) is 12.1 Å². The molecular formula is C26H31N5O2. The van der Waals surface area contributed by atoms with E-state index < -0.39 is 0 Å². The van der Waals surface area contributed by atoms with E-state index in [1.54, 1.807) is 7.11 Å². The summed E-state index contributed by atoms with van der Waals surface area (Å²) < 4.78 is 5.17. The minimum atomic E-state index is -0.0101. The fraction of sp³-hybridized carbons (Fsp3) is 0.346. The molecule has 172 valence electrons. The molecule has 1 fully saturated rings. The Hall–Kier alpha value is -3.61. The average Bonchev–Trinajstić information content (AvgIpc) is 2.84. The Balaban J connectivity index is 1.31. The van der Waals surface area contributed by atoms with E-state index in [2.05, 4.69) is 20.5 Å². The van der Waals surface area contributed by atoms with Crippen molar-refractivity contribution < 1.29 is 9.53 Å². The van der Waals surface area contributed by atoms with Gasteiger partial charge in [-0.3, -0.25) is 4.79 Å². The predicted molar refractivity (Wildman–Crippen MR) is 133 cm³/mol. The van der Waals surface area contributed by atoms with Gasteiger partial charge in [0.15, 0.2) is 0 Å². The van der Waals surface area contributed by atoms with Crippen LogP contribution in [0.15, 0.2) is 54.6 Å². The van der Waals surface area contributed by atoms with Crippen molar-refractivity contribution in [1.29, 1.82) is 0 Å². The highest BCUT2D eigenvalue weighted by molar-refractivity contribution is 5.91. The molecule has 2 N–H and O–H groups in total. The summed E-state index contributed by atoms with van der Waals surface area (Å²) >= 11 is 0. The molecule has 2 heterocycles. The molecule has 4 rings (SSSR count). The minimum Gasteiger partial charge on any atom is -0.497 e. The van der Waals surface area contributed by atoms with Gasteiger partial charge < -0.3 is 20.3 Å². The van der Waals surface area contributed by atoms with Crippen LogP contribution in [-0.4, -0.2) is 36.1 Å². The van der Waals surface area contributed by atoms with Crippen LogP contribution in [0, 0.1) is 6.92 Å². The third-order valence-corrected chi connectivity index (χ3v) is 5.72. The zero-order valence-electron chi connectivity index (χ0n) is 19.3. The number of benzene rings is 2. The van der Waals surface area contributed by atoms with Crippen molar-refractivity contribution in [2.24, 2.45) is 0 Å². The van der Waals surface area contributed by atoms with Crippen LogP contribution < -0.4 is 20.3 Å². The fourth-order valence-electron chi connectivity index (χ4n) is 3.91. The van der Waals surface area contributed by atoms with Crippen molar-refractivity contribution in [3.63, 3.8) is 0 Å². The van der Waals surface area contributed by atoms with Crippen LogP contribution in [0.3, 0.4) is 0 Å². The van der Waals surface area contributed by atoms with Crippen molar-refractivity contribution in [1.82, 2.24) is 9.97 Å². The van der Waals surface area contributed by atoms with Crippen LogP contribution in [0.5, 0.6) is 5.75 Å². The molecule has 33 heavy (non-hydrogen) atoms. The SMILES string of the molecule is COc1ccc(CCC(=O)Nc2ccc(Nc3cc(C)nc(N4CCCCC4)n3)cc2)cc1. The molecule has 0 spiro atoms. The number of hydrogen-bond donors (Lipinski definition) is 2. The Morgan fingerprint density at radius 1 is 0.970 bits per heavy atom. The highest BCUT2D eigenvalue weighted by Gasteiger charge is 2.14. The predicted octanol–water partition coefficient (Wildman–Crippen LogP) is 5.10. The second-order valence-electron chi connectivity index (χ2n) is 8.34. The number of rotatable bonds is 8. The van der Waals surface area contributed by atoms with E-state index in [1.165, 1.54) is 19.3 Å². The fourth-order valence-corrected chi connectivity index (χ4v) is 3.91. The molecule has 1 aromatic heterocycles. The Morgan fingerprint density at radius 3 is 2.36 bits per heavy atom. The number of nitrogens with zero attached hydrogens (tertiary/aromatic N) is 3. The lowest BCUT2D eigenvalue weighted by Crippen LogP contribution is -2.31. The molecule has 0 unspecified atom stereocenters. The molecule has 1 amide bonds. The van der Waals surface area contributed by atoms with Gasteiger partial charge in [0.25, 0.3) is 0 Å². The maximum absolute atomic E-state index is 12.3. The molecule has 1 aliphatic rings. The molecule has 3 aromatic rings. The number of ether oxygens (including phenoxy) is 1. The third kappa shape index (κ3) is 6.44. The van der Waals surface area contributed by atoms with Crippen LogP contribution in [0.1, 0.15) is 36.9 Å². The third-order valence-electron chi connectivity index (χ3n) is 5.72. The van der Waals surface area contributed by atoms with E-state index >= 15 is 0 Å². The van der Waals surface area contributed by atoms with Gasteiger partial charge >= 0.3 is 0 Å². The van der Waals surface area contributed by atoms with Gasteiger partial charge in [0.05, 0.1) is 7.11 Å². The molecule has 0 atom stereocenters. The average molecular weight is 446 g/mol. The number of aryl methyl sites for hydroxylation is 2. The van der Waals surface area contributed by atoms with Gasteiger partial charge in [-0.15, -0.1) is 0 Å². The summed E-state index contributed by atoms with van der Waals surface area (Å²) in [5, 5.41) is 6.32. The van der Waals surface area contributed by atoms with Crippen molar-refractivity contribution in [3.8, 4) is 5.75 Å². The summed E-state index contributed by atoms with van der Waals surface area (Å²) in [7, 11) is 1.64. The molecule has 1 aliphatic heterocycles. The molecule has 7 nitrogen and oxygen atoms in total. The van der Waals surface area contributed by atoms with Gasteiger partial charge in [-0.05, 0) is 74.6 Å². The quantitative estimate of drug-likeness (QED) is 0.502. The number of amides is 1. The first kappa shape index (κ1) is 22.6. The van der Waals surface area contributed by atoms with Crippen LogP contribution in [0.4, 0.5) is 23.1 Å². The van der Waals surface area contributed by atoms with Crippen molar-refractivity contribution in [2.45, 2.75) is 39.0 Å². The van der Waals surface area contributed by atoms with Gasteiger partial charge in [0.2, 0.25) is 11.9 Å². The van der Waals surface area contributed by atoms with Crippen LogP contribution in [0.25, 0.3) is 0 Å². The first-order chi connectivity index (χ1) is 16.1. The standard InChI is InChI=1S/C26H31N5O2/c1-19-18-24(30-26(27-19)31-16-4-3-5-17-31)28-21-9-11-22(12-10-21)29-25(32)15-8-20-6-13-23(33-2)14-7-20/h6-7,9-14,18H,3-5,8,15-17H2,1-2H3,(H,29,32)(H,27,28,30). The number of hydrogen-bond acceptors (Lipinski definition) is 6. The maximum Gasteiger partial charge on any atom is 0.227 e. The normalized spacial score (nSPS) is 13.5. The van der Waals surface area contributed by atoms with E-state index in [1.807, 2.05) is 61.5 Å². The first-order valence-electron chi connectivity index (χ1n) is 11.5. The molecule has 2 aromatic carbocycles. The second kappa shape index (κ2) is 10.8. The maximum atomic E-state index is 12.3. The molecule has 0 aliphatic carbocycles. The summed E-state index contributed by atoms with van der Waals surface area (Å²) in [5.74, 6) is 2.37. The summed E-state index contributed by atoms with van der Waals surface area (Å²) in [6.45, 7) is 4.01. The van der Waals surface area contributed by atoms with Gasteiger partial charge in [-0.25, -0.2) is 4.98 Å². The van der Waals surface area contributed by atoms with Crippen molar-refractivity contribution in [2.75, 3.05) is 35.7 Å². The van der Waals surface area contributed by atoms with Crippen LogP contribution >= 0.6 is 0 Å². The lowest BCUT2D eigenvalue weighted by Gasteiger charge is -2.27. The van der Waals surface area contributed by atoms with E-state index in [0.29, 0.717) is 12.8 Å². The van der Waals surface area contributed by atoms with E-state index in [0.717, 1.165) is 53.2 Å². The number of carbonyl (C=O) groups excluding carboxylic acids is 1. The molecule has 1 saturated heterocycles. The lowest BCUT2D eigenvalue weighted by atomic mass is 10.1. The minimum absolute atomic E-state index is 0.0101. The molecule has 0 bridgehead atoms. The zero-order chi connectivity index (χ0) is 23.0. The topological polar surface area (TPSA) is 79.4 Å². The largest absolute Gasteiger partial charge is 0.497 e. The highest BCUT2D eigenvalue weighted by Crippen LogP contribution is 2.22. The van der Waals surface area contributed by atoms with Crippen LogP contribution in [-0.2, 0) is 11.2 Å². The highest BCUT2D eigenvalue weighted by atomic mass is 16.5. The first-order valence-corrected chi connectivity index (χ1v) is 11.5. The number of methoxy groups -OCH3 is 1.